The van der Waals surface area contributed by atoms with Crippen molar-refractivity contribution in [1.29, 1.82) is 5.26 Å². The van der Waals surface area contributed by atoms with Gasteiger partial charge in [-0.05, 0) is 43.0 Å². The highest BCUT2D eigenvalue weighted by atomic mass is 32.1. The molecule has 4 aromatic heterocycles. The first kappa shape index (κ1) is 22.7. The van der Waals surface area contributed by atoms with E-state index in [1.54, 1.807) is 7.11 Å². The number of hydrogen-bond acceptors (Lipinski definition) is 7. The largest absolute Gasteiger partial charge is 0.383 e. The quantitative estimate of drug-likeness (QED) is 0.320. The molecular weight excluding hydrogens is 458 g/mol. The van der Waals surface area contributed by atoms with Crippen LogP contribution in [0.5, 0.6) is 0 Å². The smallest absolute Gasteiger partial charge is 0.281 e. The van der Waals surface area contributed by atoms with E-state index in [2.05, 4.69) is 15.0 Å². The number of carbonyl (C=O) groups excluding carboxylic acids is 1. The lowest BCUT2D eigenvalue weighted by Crippen LogP contribution is -2.33. The zero-order chi connectivity index (χ0) is 23.5. The van der Waals surface area contributed by atoms with E-state index >= 15 is 0 Å². The Balaban J connectivity index is 1.65. The maximum atomic E-state index is 13.1. The fourth-order valence-electron chi connectivity index (χ4n) is 3.60. The van der Waals surface area contributed by atoms with Crippen LogP contribution in [-0.2, 0) is 16.1 Å². The minimum atomic E-state index is -0.685. The van der Waals surface area contributed by atoms with Crippen LogP contribution in [0.25, 0.3) is 26.7 Å². The molecule has 1 amide bonds. The van der Waals surface area contributed by atoms with Gasteiger partial charge < -0.3 is 9.30 Å². The van der Waals surface area contributed by atoms with Crippen molar-refractivity contribution in [1.82, 2.24) is 14.2 Å². The van der Waals surface area contributed by atoms with Gasteiger partial charge in [0.05, 0.1) is 12.0 Å². The zero-order valence-electron chi connectivity index (χ0n) is 18.3. The summed E-state index contributed by atoms with van der Waals surface area (Å²) in [5.41, 5.74) is 5.46. The predicted molar refractivity (Wildman–Crippen MR) is 131 cm³/mol. The number of aromatic nitrogens is 3. The van der Waals surface area contributed by atoms with Gasteiger partial charge in [0, 0.05) is 40.9 Å². The number of nitriles is 1. The Morgan fingerprint density at radius 1 is 1.36 bits per heavy atom. The molecule has 4 aromatic rings. The first-order valence-corrected chi connectivity index (χ1v) is 11.8. The minimum Gasteiger partial charge on any atom is -0.383 e. The molecule has 4 rings (SSSR count). The molecule has 10 heteroatoms. The second-order valence-corrected chi connectivity index (χ2v) is 9.11. The van der Waals surface area contributed by atoms with Gasteiger partial charge in [-0.25, -0.2) is 9.66 Å². The lowest BCUT2D eigenvalue weighted by Gasteiger charge is -2.09. The van der Waals surface area contributed by atoms with E-state index < -0.39 is 11.5 Å². The predicted octanol–water partition coefficient (Wildman–Crippen LogP) is 3.93. The van der Waals surface area contributed by atoms with E-state index in [0.717, 1.165) is 32.1 Å². The second kappa shape index (κ2) is 9.54. The SMILES string of the molecule is COCCn1c(C)cc(C=C(C#N)C(=O)Nn2cnc3scc(-c4cccs4)c3c2=O)c1C. The summed E-state index contributed by atoms with van der Waals surface area (Å²) in [4.78, 5) is 31.8. The van der Waals surface area contributed by atoms with Crippen molar-refractivity contribution in [2.75, 3.05) is 19.1 Å². The van der Waals surface area contributed by atoms with Crippen molar-refractivity contribution in [3.63, 3.8) is 0 Å². The van der Waals surface area contributed by atoms with Crippen molar-refractivity contribution in [2.45, 2.75) is 20.4 Å². The molecule has 0 fully saturated rings. The molecule has 0 aliphatic carbocycles. The van der Waals surface area contributed by atoms with Crippen LogP contribution in [0.15, 0.2) is 45.7 Å². The third-order valence-electron chi connectivity index (χ3n) is 5.30. The second-order valence-electron chi connectivity index (χ2n) is 7.31. The number of aryl methyl sites for hydroxylation is 1. The Bertz CT molecular complexity index is 1450. The maximum Gasteiger partial charge on any atom is 0.281 e. The first-order chi connectivity index (χ1) is 15.9. The molecule has 0 unspecified atom stereocenters. The molecule has 0 aliphatic heterocycles. The topological polar surface area (TPSA) is 102 Å². The van der Waals surface area contributed by atoms with Crippen LogP contribution in [0.2, 0.25) is 0 Å². The number of methoxy groups -OCH3 is 1. The average Bonchev–Trinajstić information content (AvgIpc) is 3.53. The van der Waals surface area contributed by atoms with Crippen molar-refractivity contribution in [3.8, 4) is 16.5 Å². The molecule has 0 atom stereocenters. The number of fused-ring (bicyclic) bond motifs is 1. The molecule has 0 aromatic carbocycles. The van der Waals surface area contributed by atoms with Gasteiger partial charge in [0.2, 0.25) is 0 Å². The minimum absolute atomic E-state index is 0.113. The van der Waals surface area contributed by atoms with Crippen molar-refractivity contribution < 1.29 is 9.53 Å². The van der Waals surface area contributed by atoms with E-state index in [1.807, 2.05) is 48.9 Å². The molecule has 0 saturated heterocycles. The fourth-order valence-corrected chi connectivity index (χ4v) is 5.32. The summed E-state index contributed by atoms with van der Waals surface area (Å²) in [6.45, 7) is 5.11. The summed E-state index contributed by atoms with van der Waals surface area (Å²) in [7, 11) is 1.64. The standard InChI is InChI=1S/C23H21N5O3S2/c1-14-9-16(15(2)27(14)6-7-31-3)10-17(11-24)21(29)26-28-13-25-22-20(23(28)30)18(12-33-22)19-5-4-8-32-19/h4-5,8-10,12-13H,6-7H2,1-3H3,(H,26,29). The molecule has 4 heterocycles. The Labute approximate surface area is 198 Å². The summed E-state index contributed by atoms with van der Waals surface area (Å²) >= 11 is 2.90. The summed E-state index contributed by atoms with van der Waals surface area (Å²) in [6.07, 6.45) is 2.79. The van der Waals surface area contributed by atoms with E-state index in [9.17, 15) is 14.9 Å². The number of hydrogen-bond donors (Lipinski definition) is 1. The lowest BCUT2D eigenvalue weighted by atomic mass is 10.1. The number of nitrogens with one attached hydrogen (secondary N) is 1. The van der Waals surface area contributed by atoms with Gasteiger partial charge >= 0.3 is 0 Å². The fraction of sp³-hybridized carbons (Fsp3) is 0.217. The average molecular weight is 480 g/mol. The Morgan fingerprint density at radius 3 is 2.88 bits per heavy atom. The van der Waals surface area contributed by atoms with Crippen LogP contribution in [0.4, 0.5) is 0 Å². The molecule has 8 nitrogen and oxygen atoms in total. The Morgan fingerprint density at radius 2 is 2.18 bits per heavy atom. The van der Waals surface area contributed by atoms with Crippen LogP contribution in [0.3, 0.4) is 0 Å². The monoisotopic (exact) mass is 479 g/mol. The number of carbonyl (C=O) groups is 1. The van der Waals surface area contributed by atoms with E-state index in [1.165, 1.54) is 35.1 Å². The van der Waals surface area contributed by atoms with Gasteiger partial charge in [0.25, 0.3) is 11.5 Å². The summed E-state index contributed by atoms with van der Waals surface area (Å²) in [5, 5.41) is 13.9. The van der Waals surface area contributed by atoms with Crippen LogP contribution in [0.1, 0.15) is 17.0 Å². The number of rotatable bonds is 7. The van der Waals surface area contributed by atoms with Crippen molar-refractivity contribution >= 4 is 44.9 Å². The van der Waals surface area contributed by atoms with Gasteiger partial charge in [-0.2, -0.15) is 5.26 Å². The Kier molecular flexibility index (Phi) is 6.55. The van der Waals surface area contributed by atoms with Crippen molar-refractivity contribution in [3.05, 3.63) is 68.2 Å². The van der Waals surface area contributed by atoms with Gasteiger partial charge in [-0.15, -0.1) is 22.7 Å². The normalized spacial score (nSPS) is 11.6. The molecule has 33 heavy (non-hydrogen) atoms. The van der Waals surface area contributed by atoms with Crippen LogP contribution in [-0.4, -0.2) is 33.9 Å². The summed E-state index contributed by atoms with van der Waals surface area (Å²) in [6, 6.07) is 7.69. The van der Waals surface area contributed by atoms with Crippen LogP contribution >= 0.6 is 22.7 Å². The van der Waals surface area contributed by atoms with Gasteiger partial charge in [-0.1, -0.05) is 6.07 Å². The molecule has 0 saturated carbocycles. The number of amides is 1. The lowest BCUT2D eigenvalue weighted by molar-refractivity contribution is -0.113. The summed E-state index contributed by atoms with van der Waals surface area (Å²) in [5.74, 6) is -0.685. The van der Waals surface area contributed by atoms with E-state index in [0.29, 0.717) is 23.4 Å². The molecule has 0 aliphatic rings. The van der Waals surface area contributed by atoms with Gasteiger partial charge in [-0.3, -0.25) is 15.0 Å². The summed E-state index contributed by atoms with van der Waals surface area (Å²) < 4.78 is 8.24. The van der Waals surface area contributed by atoms with Gasteiger partial charge in [0.1, 0.15) is 22.8 Å². The third kappa shape index (κ3) is 4.39. The highest BCUT2D eigenvalue weighted by Crippen LogP contribution is 2.33. The van der Waals surface area contributed by atoms with Crippen LogP contribution < -0.4 is 11.0 Å². The van der Waals surface area contributed by atoms with Crippen LogP contribution in [0, 0.1) is 25.2 Å². The number of ether oxygens (including phenoxy) is 1. The van der Waals surface area contributed by atoms with E-state index in [4.69, 9.17) is 4.74 Å². The molecule has 0 spiro atoms. The van der Waals surface area contributed by atoms with Gasteiger partial charge in [0.15, 0.2) is 0 Å². The Hall–Kier alpha value is -3.52. The number of nitrogens with zero attached hydrogens (tertiary/aromatic N) is 4. The first-order valence-electron chi connectivity index (χ1n) is 10.1. The maximum absolute atomic E-state index is 13.1. The highest BCUT2D eigenvalue weighted by Gasteiger charge is 2.17. The molecule has 168 valence electrons. The number of thiophene rings is 2. The molecule has 0 radical (unpaired) electrons. The molecular formula is C23H21N5O3S2. The highest BCUT2D eigenvalue weighted by molar-refractivity contribution is 7.18. The third-order valence-corrected chi connectivity index (χ3v) is 7.09. The molecule has 0 bridgehead atoms. The van der Waals surface area contributed by atoms with E-state index in [-0.39, 0.29) is 5.57 Å². The zero-order valence-corrected chi connectivity index (χ0v) is 19.9. The molecule has 1 N–H and O–H groups in total. The van der Waals surface area contributed by atoms with Crippen molar-refractivity contribution in [2.24, 2.45) is 0 Å².